The predicted molar refractivity (Wildman–Crippen MR) is 109 cm³/mol. The van der Waals surface area contributed by atoms with E-state index in [0.29, 0.717) is 12.8 Å². The lowest BCUT2D eigenvalue weighted by molar-refractivity contribution is -0.135. The molecule has 1 heterocycles. The minimum atomic E-state index is -1.03. The molecule has 2 aliphatic rings. The number of carbonyl (C=O) groups excluding carboxylic acids is 3. The topological polar surface area (TPSA) is 78.5 Å². The minimum absolute atomic E-state index is 0.162. The van der Waals surface area contributed by atoms with Gasteiger partial charge in [-0.25, -0.2) is 4.79 Å². The van der Waals surface area contributed by atoms with Crippen molar-refractivity contribution in [2.24, 2.45) is 0 Å². The van der Waals surface area contributed by atoms with Gasteiger partial charge in [-0.2, -0.15) is 0 Å². The molecule has 29 heavy (non-hydrogen) atoms. The molecule has 1 aliphatic carbocycles. The van der Waals surface area contributed by atoms with Crippen molar-refractivity contribution in [2.75, 3.05) is 6.54 Å². The average Bonchev–Trinajstić information content (AvgIpc) is 3.20. The third-order valence-electron chi connectivity index (χ3n) is 5.95. The van der Waals surface area contributed by atoms with Crippen LogP contribution in [0, 0.1) is 6.92 Å². The number of carbonyl (C=O) groups is 3. The molecule has 6 heteroatoms. The Morgan fingerprint density at radius 3 is 2.62 bits per heavy atom. The molecular weight excluding hydrogens is 366 g/mol. The van der Waals surface area contributed by atoms with Gasteiger partial charge in [-0.1, -0.05) is 61.0 Å². The molecule has 2 aromatic rings. The molecule has 1 spiro atoms. The van der Waals surface area contributed by atoms with Gasteiger partial charge in [0.25, 0.3) is 5.91 Å². The van der Waals surface area contributed by atoms with Gasteiger partial charge in [-0.05, 0) is 42.9 Å². The molecule has 1 aliphatic heterocycles. The largest absolute Gasteiger partial charge is 0.348 e. The summed E-state index contributed by atoms with van der Waals surface area (Å²) in [6.07, 6.45) is 1.97. The summed E-state index contributed by atoms with van der Waals surface area (Å²) in [5.41, 5.74) is 3.03. The SMILES string of the molecule is CCC(NC(=O)CN1C(=O)NC2(CCc3ccccc32)C1=O)c1ccc(C)cc1. The number of rotatable bonds is 5. The molecule has 2 N–H and O–H groups in total. The molecule has 2 atom stereocenters. The summed E-state index contributed by atoms with van der Waals surface area (Å²) in [6, 6.07) is 15.0. The van der Waals surface area contributed by atoms with Crippen LogP contribution in [-0.2, 0) is 21.5 Å². The number of nitrogens with one attached hydrogen (secondary N) is 2. The van der Waals surface area contributed by atoms with Crippen molar-refractivity contribution in [3.8, 4) is 0 Å². The molecule has 150 valence electrons. The normalized spacial score (nSPS) is 21.2. The average molecular weight is 391 g/mol. The van der Waals surface area contributed by atoms with Gasteiger partial charge in [0.1, 0.15) is 12.1 Å². The fourth-order valence-electron chi connectivity index (χ4n) is 4.34. The molecular formula is C23H25N3O3. The Hall–Kier alpha value is -3.15. The Labute approximate surface area is 170 Å². The Kier molecular flexibility index (Phi) is 4.86. The molecule has 4 rings (SSSR count). The Morgan fingerprint density at radius 1 is 1.17 bits per heavy atom. The van der Waals surface area contributed by atoms with Gasteiger partial charge < -0.3 is 10.6 Å². The number of benzene rings is 2. The zero-order chi connectivity index (χ0) is 20.6. The molecule has 0 aromatic heterocycles. The quantitative estimate of drug-likeness (QED) is 0.769. The van der Waals surface area contributed by atoms with Gasteiger partial charge in [-0.3, -0.25) is 14.5 Å². The summed E-state index contributed by atoms with van der Waals surface area (Å²) in [5, 5.41) is 5.81. The van der Waals surface area contributed by atoms with E-state index in [9.17, 15) is 14.4 Å². The minimum Gasteiger partial charge on any atom is -0.348 e. The highest BCUT2D eigenvalue weighted by Crippen LogP contribution is 2.41. The zero-order valence-electron chi connectivity index (χ0n) is 16.7. The van der Waals surface area contributed by atoms with Crippen molar-refractivity contribution in [1.82, 2.24) is 15.5 Å². The van der Waals surface area contributed by atoms with Gasteiger partial charge in [0.15, 0.2) is 0 Å². The fourth-order valence-corrected chi connectivity index (χ4v) is 4.34. The van der Waals surface area contributed by atoms with Crippen molar-refractivity contribution in [1.29, 1.82) is 0 Å². The van der Waals surface area contributed by atoms with Gasteiger partial charge in [0.05, 0.1) is 6.04 Å². The van der Waals surface area contributed by atoms with Crippen LogP contribution >= 0.6 is 0 Å². The number of urea groups is 1. The number of hydrogen-bond acceptors (Lipinski definition) is 3. The number of imide groups is 1. The first-order chi connectivity index (χ1) is 13.9. The second-order valence-corrected chi connectivity index (χ2v) is 7.82. The van der Waals surface area contributed by atoms with E-state index in [0.717, 1.165) is 33.6 Å². The van der Waals surface area contributed by atoms with Crippen LogP contribution in [0.2, 0.25) is 0 Å². The standard InChI is InChI=1S/C23H25N3O3/c1-3-19(17-10-8-15(2)9-11-17)24-20(27)14-26-21(28)23(25-22(26)29)13-12-16-6-4-5-7-18(16)23/h4-11,19H,3,12-14H2,1-2H3,(H,24,27)(H,25,29). The highest BCUT2D eigenvalue weighted by Gasteiger charge is 2.55. The smallest absolute Gasteiger partial charge is 0.325 e. The zero-order valence-corrected chi connectivity index (χ0v) is 16.7. The maximum atomic E-state index is 13.2. The molecule has 1 saturated heterocycles. The van der Waals surface area contributed by atoms with Crippen LogP contribution in [0.15, 0.2) is 48.5 Å². The number of nitrogens with zero attached hydrogens (tertiary/aromatic N) is 1. The summed E-state index contributed by atoms with van der Waals surface area (Å²) in [4.78, 5) is 39.4. The number of amides is 4. The van der Waals surface area contributed by atoms with E-state index in [1.54, 1.807) is 0 Å². The van der Waals surface area contributed by atoms with E-state index in [1.807, 2.05) is 62.4 Å². The summed E-state index contributed by atoms with van der Waals surface area (Å²) >= 11 is 0. The van der Waals surface area contributed by atoms with Gasteiger partial charge in [0, 0.05) is 0 Å². The van der Waals surface area contributed by atoms with E-state index in [1.165, 1.54) is 0 Å². The second kappa shape index (κ2) is 7.35. The number of fused-ring (bicyclic) bond motifs is 2. The second-order valence-electron chi connectivity index (χ2n) is 7.82. The van der Waals surface area contributed by atoms with Crippen LogP contribution in [-0.4, -0.2) is 29.3 Å². The van der Waals surface area contributed by atoms with Crippen molar-refractivity contribution in [3.05, 3.63) is 70.8 Å². The van der Waals surface area contributed by atoms with E-state index in [2.05, 4.69) is 10.6 Å². The number of aryl methyl sites for hydroxylation is 2. The van der Waals surface area contributed by atoms with Crippen LogP contribution in [0.4, 0.5) is 4.79 Å². The molecule has 2 unspecified atom stereocenters. The summed E-state index contributed by atoms with van der Waals surface area (Å²) in [6.45, 7) is 3.72. The summed E-state index contributed by atoms with van der Waals surface area (Å²) in [5.74, 6) is -0.685. The first kappa shape index (κ1) is 19.2. The Bertz CT molecular complexity index is 970. The Balaban J connectivity index is 1.48. The lowest BCUT2D eigenvalue weighted by atomic mass is 9.92. The molecule has 0 radical (unpaired) electrons. The van der Waals surface area contributed by atoms with Crippen molar-refractivity contribution in [3.63, 3.8) is 0 Å². The van der Waals surface area contributed by atoms with E-state index in [-0.39, 0.29) is 24.4 Å². The Morgan fingerprint density at radius 2 is 1.90 bits per heavy atom. The third kappa shape index (κ3) is 3.28. The van der Waals surface area contributed by atoms with E-state index in [4.69, 9.17) is 0 Å². The molecule has 0 bridgehead atoms. The van der Waals surface area contributed by atoms with Crippen molar-refractivity contribution in [2.45, 2.75) is 44.7 Å². The van der Waals surface area contributed by atoms with Crippen LogP contribution in [0.5, 0.6) is 0 Å². The highest BCUT2D eigenvalue weighted by atomic mass is 16.2. The summed E-state index contributed by atoms with van der Waals surface area (Å²) in [7, 11) is 0. The molecule has 2 aromatic carbocycles. The predicted octanol–water partition coefficient (Wildman–Crippen LogP) is 2.96. The van der Waals surface area contributed by atoms with Crippen molar-refractivity contribution >= 4 is 17.8 Å². The maximum absolute atomic E-state index is 13.2. The van der Waals surface area contributed by atoms with Gasteiger partial charge in [0.2, 0.25) is 5.91 Å². The van der Waals surface area contributed by atoms with Gasteiger partial charge >= 0.3 is 6.03 Å². The first-order valence-electron chi connectivity index (χ1n) is 10.0. The van der Waals surface area contributed by atoms with E-state index < -0.39 is 11.6 Å². The maximum Gasteiger partial charge on any atom is 0.325 e. The molecule has 0 saturated carbocycles. The van der Waals surface area contributed by atoms with Gasteiger partial charge in [-0.15, -0.1) is 0 Å². The molecule has 6 nitrogen and oxygen atoms in total. The van der Waals surface area contributed by atoms with Crippen LogP contribution in [0.3, 0.4) is 0 Å². The fraction of sp³-hybridized carbons (Fsp3) is 0.348. The van der Waals surface area contributed by atoms with Crippen LogP contribution in [0.25, 0.3) is 0 Å². The number of hydrogen-bond donors (Lipinski definition) is 2. The first-order valence-corrected chi connectivity index (χ1v) is 10.0. The van der Waals surface area contributed by atoms with Crippen LogP contribution in [0.1, 0.15) is 48.1 Å². The van der Waals surface area contributed by atoms with Crippen molar-refractivity contribution < 1.29 is 14.4 Å². The molecule has 1 fully saturated rings. The lowest BCUT2D eigenvalue weighted by Crippen LogP contribution is -2.44. The monoisotopic (exact) mass is 391 g/mol. The summed E-state index contributed by atoms with van der Waals surface area (Å²) < 4.78 is 0. The van der Waals surface area contributed by atoms with E-state index >= 15 is 0 Å². The lowest BCUT2D eigenvalue weighted by Gasteiger charge is -2.23. The third-order valence-corrected chi connectivity index (χ3v) is 5.95. The van der Waals surface area contributed by atoms with Crippen LogP contribution < -0.4 is 10.6 Å². The highest BCUT2D eigenvalue weighted by molar-refractivity contribution is 6.09. The molecule has 4 amide bonds.